The zero-order chi connectivity index (χ0) is 12.4. The quantitative estimate of drug-likeness (QED) is 0.719. The van der Waals surface area contributed by atoms with E-state index in [0.717, 1.165) is 3.57 Å². The van der Waals surface area contributed by atoms with Gasteiger partial charge in [-0.05, 0) is 40.8 Å². The van der Waals surface area contributed by atoms with Crippen LogP contribution >= 0.6 is 22.6 Å². The Bertz CT molecular complexity index is 462. The van der Waals surface area contributed by atoms with E-state index in [0.29, 0.717) is 18.7 Å². The van der Waals surface area contributed by atoms with E-state index >= 15 is 0 Å². The number of hydrogen-bond donors (Lipinski definition) is 0. The molecule has 0 aliphatic carbocycles. The summed E-state index contributed by atoms with van der Waals surface area (Å²) < 4.78 is 1.02. The lowest BCUT2D eigenvalue weighted by Crippen LogP contribution is -2.50. The zero-order valence-corrected chi connectivity index (χ0v) is 11.7. The van der Waals surface area contributed by atoms with Gasteiger partial charge in [-0.1, -0.05) is 6.07 Å². The highest BCUT2D eigenvalue weighted by Gasteiger charge is 2.25. The molecule has 5 heteroatoms. The lowest BCUT2D eigenvalue weighted by molar-refractivity contribution is -0.133. The van der Waals surface area contributed by atoms with Crippen LogP contribution in [0, 0.1) is 3.57 Å². The Hall–Kier alpha value is -1.11. The largest absolute Gasteiger partial charge is 0.342 e. The second kappa shape index (κ2) is 5.03. The predicted molar refractivity (Wildman–Crippen MR) is 72.7 cm³/mol. The fourth-order valence-electron chi connectivity index (χ4n) is 1.74. The summed E-state index contributed by atoms with van der Waals surface area (Å²) in [5, 5.41) is 0. The second-order valence-electron chi connectivity index (χ2n) is 4.05. The first-order chi connectivity index (χ1) is 8.08. The summed E-state index contributed by atoms with van der Waals surface area (Å²) in [4.78, 5) is 26.9. The van der Waals surface area contributed by atoms with Crippen LogP contribution in [0.2, 0.25) is 0 Å². The van der Waals surface area contributed by atoms with Crippen molar-refractivity contribution in [1.82, 2.24) is 9.80 Å². The Kier molecular flexibility index (Phi) is 3.66. The van der Waals surface area contributed by atoms with Gasteiger partial charge in [-0.3, -0.25) is 9.59 Å². The number of carbonyl (C=O) groups excluding carboxylic acids is 2. The predicted octanol–water partition coefficient (Wildman–Crippen LogP) is 1.21. The Labute approximate surface area is 114 Å². The molecule has 2 rings (SSSR count). The van der Waals surface area contributed by atoms with E-state index in [4.69, 9.17) is 0 Å². The summed E-state index contributed by atoms with van der Waals surface area (Å²) in [7, 11) is 1.76. The van der Waals surface area contributed by atoms with Gasteiger partial charge in [-0.2, -0.15) is 0 Å². The van der Waals surface area contributed by atoms with Gasteiger partial charge in [0.15, 0.2) is 0 Å². The van der Waals surface area contributed by atoms with Crippen LogP contribution in [0.1, 0.15) is 10.4 Å². The third-order valence-electron chi connectivity index (χ3n) is 2.82. The third-order valence-corrected chi connectivity index (χ3v) is 3.49. The van der Waals surface area contributed by atoms with Crippen LogP contribution in [0.5, 0.6) is 0 Å². The van der Waals surface area contributed by atoms with Crippen molar-refractivity contribution < 1.29 is 9.59 Å². The fraction of sp³-hybridized carbons (Fsp3) is 0.333. The summed E-state index contributed by atoms with van der Waals surface area (Å²) in [6, 6.07) is 7.42. The molecule has 1 aromatic carbocycles. The van der Waals surface area contributed by atoms with Gasteiger partial charge in [0.2, 0.25) is 5.91 Å². The summed E-state index contributed by atoms with van der Waals surface area (Å²) in [5.41, 5.74) is 0.647. The number of nitrogens with zero attached hydrogens (tertiary/aromatic N) is 2. The number of carbonyl (C=O) groups is 2. The molecule has 1 heterocycles. The molecule has 0 spiro atoms. The number of amides is 2. The number of halogens is 1. The molecule has 90 valence electrons. The zero-order valence-electron chi connectivity index (χ0n) is 9.52. The first-order valence-electron chi connectivity index (χ1n) is 5.37. The van der Waals surface area contributed by atoms with Crippen LogP contribution in [-0.2, 0) is 4.79 Å². The second-order valence-corrected chi connectivity index (χ2v) is 5.30. The monoisotopic (exact) mass is 344 g/mol. The number of rotatable bonds is 1. The average molecular weight is 344 g/mol. The molecule has 1 saturated heterocycles. The maximum absolute atomic E-state index is 12.2. The molecule has 17 heavy (non-hydrogen) atoms. The molecule has 0 bridgehead atoms. The Morgan fingerprint density at radius 3 is 2.76 bits per heavy atom. The van der Waals surface area contributed by atoms with Gasteiger partial charge in [0, 0.05) is 29.3 Å². The van der Waals surface area contributed by atoms with Crippen molar-refractivity contribution in [1.29, 1.82) is 0 Å². The van der Waals surface area contributed by atoms with E-state index in [9.17, 15) is 9.59 Å². The van der Waals surface area contributed by atoms with Crippen LogP contribution in [0.3, 0.4) is 0 Å². The van der Waals surface area contributed by atoms with Crippen molar-refractivity contribution in [2.45, 2.75) is 0 Å². The molecule has 0 atom stereocenters. The molecule has 0 aromatic heterocycles. The van der Waals surface area contributed by atoms with Gasteiger partial charge >= 0.3 is 0 Å². The number of likely N-dealkylation sites (N-methyl/N-ethyl adjacent to an activating group) is 1. The summed E-state index contributed by atoms with van der Waals surface area (Å²) in [6.45, 7) is 1.39. The number of piperazine rings is 1. The minimum absolute atomic E-state index is 0.00442. The van der Waals surface area contributed by atoms with Crippen molar-refractivity contribution in [2.75, 3.05) is 26.7 Å². The van der Waals surface area contributed by atoms with Crippen LogP contribution < -0.4 is 0 Å². The Morgan fingerprint density at radius 1 is 1.35 bits per heavy atom. The maximum atomic E-state index is 12.2. The molecule has 4 nitrogen and oxygen atoms in total. The molecule has 0 N–H and O–H groups in total. The van der Waals surface area contributed by atoms with Crippen molar-refractivity contribution in [2.24, 2.45) is 0 Å². The van der Waals surface area contributed by atoms with Gasteiger partial charge in [0.25, 0.3) is 5.91 Å². The summed E-state index contributed by atoms with van der Waals surface area (Å²) in [5.74, 6) is -0.0693. The summed E-state index contributed by atoms with van der Waals surface area (Å²) >= 11 is 2.17. The van der Waals surface area contributed by atoms with Crippen LogP contribution in [-0.4, -0.2) is 48.3 Å². The molecule has 1 fully saturated rings. The first-order valence-corrected chi connectivity index (χ1v) is 6.44. The van der Waals surface area contributed by atoms with E-state index in [1.165, 1.54) is 0 Å². The third kappa shape index (κ3) is 2.77. The first kappa shape index (κ1) is 12.3. The van der Waals surface area contributed by atoms with Crippen molar-refractivity contribution in [3.8, 4) is 0 Å². The van der Waals surface area contributed by atoms with E-state index < -0.39 is 0 Å². The van der Waals surface area contributed by atoms with Crippen LogP contribution in [0.25, 0.3) is 0 Å². The minimum atomic E-state index is -0.0648. The molecular weight excluding hydrogens is 331 g/mol. The molecule has 0 unspecified atom stereocenters. The van der Waals surface area contributed by atoms with E-state index in [2.05, 4.69) is 22.6 Å². The molecule has 2 amide bonds. The molecule has 0 saturated carbocycles. The van der Waals surface area contributed by atoms with Crippen molar-refractivity contribution >= 4 is 34.4 Å². The van der Waals surface area contributed by atoms with Gasteiger partial charge in [-0.15, -0.1) is 0 Å². The van der Waals surface area contributed by atoms with Crippen LogP contribution in [0.15, 0.2) is 24.3 Å². The highest BCUT2D eigenvalue weighted by molar-refractivity contribution is 14.1. The number of hydrogen-bond acceptors (Lipinski definition) is 2. The standard InChI is InChI=1S/C12H13IN2O2/c1-14-5-6-15(8-11(14)16)12(17)9-3-2-4-10(13)7-9/h2-4,7H,5-6,8H2,1H3. The van der Waals surface area contributed by atoms with Crippen molar-refractivity contribution in [3.05, 3.63) is 33.4 Å². The Morgan fingerprint density at radius 2 is 2.12 bits per heavy atom. The fourth-order valence-corrected chi connectivity index (χ4v) is 2.28. The van der Waals surface area contributed by atoms with E-state index in [1.54, 1.807) is 22.9 Å². The minimum Gasteiger partial charge on any atom is -0.342 e. The smallest absolute Gasteiger partial charge is 0.254 e. The highest BCUT2D eigenvalue weighted by atomic mass is 127. The lowest BCUT2D eigenvalue weighted by Gasteiger charge is -2.32. The molecule has 0 radical (unpaired) electrons. The summed E-state index contributed by atoms with van der Waals surface area (Å²) in [6.07, 6.45) is 0. The maximum Gasteiger partial charge on any atom is 0.254 e. The lowest BCUT2D eigenvalue weighted by atomic mass is 10.2. The topological polar surface area (TPSA) is 40.6 Å². The molecule has 1 aliphatic rings. The van der Waals surface area contributed by atoms with Gasteiger partial charge in [-0.25, -0.2) is 0 Å². The van der Waals surface area contributed by atoms with Gasteiger partial charge in [0.05, 0.1) is 0 Å². The molecule has 1 aromatic rings. The Balaban J connectivity index is 2.13. The van der Waals surface area contributed by atoms with E-state index in [-0.39, 0.29) is 18.4 Å². The molecular formula is C12H13IN2O2. The molecule has 1 aliphatic heterocycles. The van der Waals surface area contributed by atoms with Gasteiger partial charge < -0.3 is 9.80 Å². The van der Waals surface area contributed by atoms with E-state index in [1.807, 2.05) is 18.2 Å². The average Bonchev–Trinajstić information content (AvgIpc) is 2.32. The normalized spacial score (nSPS) is 16.2. The SMILES string of the molecule is CN1CCN(C(=O)c2cccc(I)c2)CC1=O. The van der Waals surface area contributed by atoms with Gasteiger partial charge in [0.1, 0.15) is 6.54 Å². The highest BCUT2D eigenvalue weighted by Crippen LogP contribution is 2.12. The van der Waals surface area contributed by atoms with Crippen LogP contribution in [0.4, 0.5) is 0 Å². The van der Waals surface area contributed by atoms with Crippen molar-refractivity contribution in [3.63, 3.8) is 0 Å². The number of benzene rings is 1.